The minimum atomic E-state index is -3.64. The lowest BCUT2D eigenvalue weighted by Gasteiger charge is -2.21. The van der Waals surface area contributed by atoms with Crippen molar-refractivity contribution < 1.29 is 13.2 Å². The van der Waals surface area contributed by atoms with Gasteiger partial charge in [-0.1, -0.05) is 0 Å². The largest absolute Gasteiger partial charge is 0.370 e. The Morgan fingerprint density at radius 3 is 2.79 bits per heavy atom. The molecule has 7 nitrogen and oxygen atoms in total. The van der Waals surface area contributed by atoms with Gasteiger partial charge in [-0.3, -0.25) is 4.79 Å². The molecule has 2 N–H and O–H groups in total. The summed E-state index contributed by atoms with van der Waals surface area (Å²) in [5.74, 6) is 0.147. The van der Waals surface area contributed by atoms with Gasteiger partial charge in [0.05, 0.1) is 0 Å². The number of hydrogen-bond acceptors (Lipinski definition) is 4. The van der Waals surface area contributed by atoms with Crippen LogP contribution in [0.25, 0.3) is 0 Å². The summed E-state index contributed by atoms with van der Waals surface area (Å²) < 4.78 is 28.0. The van der Waals surface area contributed by atoms with Crippen LogP contribution in [-0.4, -0.2) is 40.8 Å². The summed E-state index contributed by atoms with van der Waals surface area (Å²) in [6, 6.07) is -0.343. The zero-order valence-corrected chi connectivity index (χ0v) is 11.9. The number of nitrogens with zero attached hydrogens (tertiary/aromatic N) is 3. The second-order valence-corrected chi connectivity index (χ2v) is 6.66. The highest BCUT2D eigenvalue weighted by atomic mass is 32.2. The van der Waals surface area contributed by atoms with Crippen LogP contribution >= 0.6 is 0 Å². The van der Waals surface area contributed by atoms with E-state index in [9.17, 15) is 13.2 Å². The molecule has 106 valence electrons. The lowest BCUT2D eigenvalue weighted by molar-refractivity contribution is -0.118. The van der Waals surface area contributed by atoms with Gasteiger partial charge in [0.2, 0.25) is 5.91 Å². The first-order chi connectivity index (χ1) is 8.82. The van der Waals surface area contributed by atoms with E-state index < -0.39 is 15.9 Å². The molecule has 0 spiro atoms. The van der Waals surface area contributed by atoms with Crippen molar-refractivity contribution in [2.45, 2.75) is 37.3 Å². The van der Waals surface area contributed by atoms with Crippen LogP contribution in [0.2, 0.25) is 0 Å². The average molecular weight is 286 g/mol. The Bertz CT molecular complexity index is 574. The molecule has 1 amide bonds. The zero-order valence-electron chi connectivity index (χ0n) is 11.0. The summed E-state index contributed by atoms with van der Waals surface area (Å²) in [5, 5.41) is 0.0314. The van der Waals surface area contributed by atoms with E-state index in [2.05, 4.69) is 4.98 Å². The van der Waals surface area contributed by atoms with Crippen molar-refractivity contribution in [2.75, 3.05) is 6.54 Å². The Kier molecular flexibility index (Phi) is 3.64. The monoisotopic (exact) mass is 286 g/mol. The van der Waals surface area contributed by atoms with Crippen LogP contribution in [0.4, 0.5) is 0 Å². The number of amides is 1. The minimum Gasteiger partial charge on any atom is -0.370 e. The van der Waals surface area contributed by atoms with Gasteiger partial charge < -0.3 is 10.3 Å². The molecular weight excluding hydrogens is 268 g/mol. The lowest BCUT2D eigenvalue weighted by atomic mass is 10.1. The third-order valence-electron chi connectivity index (χ3n) is 3.42. The Labute approximate surface area is 112 Å². The highest BCUT2D eigenvalue weighted by Gasteiger charge is 2.37. The third-order valence-corrected chi connectivity index (χ3v) is 5.24. The predicted octanol–water partition coefficient (Wildman–Crippen LogP) is -0.243. The SMILES string of the molecule is Cc1nc(S(=O)(=O)N2CCC[C@H]2CC(N)=O)cn1C. The number of primary amides is 1. The van der Waals surface area contributed by atoms with Crippen LogP contribution in [0.15, 0.2) is 11.2 Å². The fraction of sp³-hybridized carbons (Fsp3) is 0.636. The number of imidazole rings is 1. The molecule has 2 heterocycles. The van der Waals surface area contributed by atoms with Gasteiger partial charge in [-0.05, 0) is 19.8 Å². The van der Waals surface area contributed by atoms with Gasteiger partial charge >= 0.3 is 0 Å². The molecule has 1 fully saturated rings. The molecule has 19 heavy (non-hydrogen) atoms. The van der Waals surface area contributed by atoms with Gasteiger partial charge in [-0.25, -0.2) is 13.4 Å². The van der Waals surface area contributed by atoms with Gasteiger partial charge in [0.1, 0.15) is 5.82 Å². The molecule has 1 atom stereocenters. The van der Waals surface area contributed by atoms with Crippen molar-refractivity contribution >= 4 is 15.9 Å². The molecule has 8 heteroatoms. The molecule has 0 aromatic carbocycles. The van der Waals surface area contributed by atoms with Gasteiger partial charge in [0, 0.05) is 32.3 Å². The van der Waals surface area contributed by atoms with E-state index in [-0.39, 0.29) is 17.5 Å². The first-order valence-electron chi connectivity index (χ1n) is 6.12. The van der Waals surface area contributed by atoms with E-state index in [0.29, 0.717) is 18.8 Å². The molecule has 1 aromatic heterocycles. The van der Waals surface area contributed by atoms with Gasteiger partial charge in [-0.15, -0.1) is 0 Å². The number of nitrogens with two attached hydrogens (primary N) is 1. The number of rotatable bonds is 4. The highest BCUT2D eigenvalue weighted by molar-refractivity contribution is 7.89. The van der Waals surface area contributed by atoms with Crippen LogP contribution in [-0.2, 0) is 21.9 Å². The maximum absolute atomic E-state index is 12.5. The molecule has 2 rings (SSSR count). The van der Waals surface area contributed by atoms with Crippen LogP contribution in [0.1, 0.15) is 25.1 Å². The number of aryl methyl sites for hydroxylation is 2. The molecule has 0 aliphatic carbocycles. The molecule has 1 aromatic rings. The van der Waals surface area contributed by atoms with E-state index in [4.69, 9.17) is 5.73 Å². The zero-order chi connectivity index (χ0) is 14.2. The minimum absolute atomic E-state index is 0.0314. The quantitative estimate of drug-likeness (QED) is 0.825. The molecule has 1 aliphatic heterocycles. The predicted molar refractivity (Wildman–Crippen MR) is 68.7 cm³/mol. The fourth-order valence-corrected chi connectivity index (χ4v) is 4.05. The van der Waals surface area contributed by atoms with Crippen molar-refractivity contribution in [3.63, 3.8) is 0 Å². The van der Waals surface area contributed by atoms with E-state index in [0.717, 1.165) is 6.42 Å². The highest BCUT2D eigenvalue weighted by Crippen LogP contribution is 2.27. The summed E-state index contributed by atoms with van der Waals surface area (Å²) in [4.78, 5) is 15.1. The van der Waals surface area contributed by atoms with Crippen molar-refractivity contribution in [3.05, 3.63) is 12.0 Å². The number of carbonyl (C=O) groups is 1. The Balaban J connectivity index is 2.30. The second kappa shape index (κ2) is 4.93. The lowest BCUT2D eigenvalue weighted by Crippen LogP contribution is -2.38. The van der Waals surface area contributed by atoms with Gasteiger partial charge in [-0.2, -0.15) is 4.31 Å². The average Bonchev–Trinajstić information content (AvgIpc) is 2.87. The number of carbonyl (C=O) groups excluding carboxylic acids is 1. The molecule has 0 radical (unpaired) electrons. The Morgan fingerprint density at radius 1 is 1.58 bits per heavy atom. The smallest absolute Gasteiger partial charge is 0.262 e. The number of hydrogen-bond donors (Lipinski definition) is 1. The maximum atomic E-state index is 12.5. The van der Waals surface area contributed by atoms with Crippen LogP contribution in [0, 0.1) is 6.92 Å². The summed E-state index contributed by atoms with van der Waals surface area (Å²) >= 11 is 0. The summed E-state index contributed by atoms with van der Waals surface area (Å²) in [6.45, 7) is 2.15. The van der Waals surface area contributed by atoms with Crippen molar-refractivity contribution in [3.8, 4) is 0 Å². The Hall–Kier alpha value is -1.41. The van der Waals surface area contributed by atoms with E-state index in [1.165, 1.54) is 10.5 Å². The normalized spacial score (nSPS) is 20.8. The standard InChI is InChI=1S/C11H18N4O3S/c1-8-13-11(7-14(8)2)19(17,18)15-5-3-4-9(15)6-10(12)16/h7,9H,3-6H2,1-2H3,(H2,12,16)/t9-/m0/s1. The summed E-state index contributed by atoms with van der Waals surface area (Å²) in [5.41, 5.74) is 5.16. The summed E-state index contributed by atoms with van der Waals surface area (Å²) in [6.07, 6.45) is 2.95. The van der Waals surface area contributed by atoms with E-state index >= 15 is 0 Å². The molecule has 1 saturated heterocycles. The first-order valence-corrected chi connectivity index (χ1v) is 7.56. The number of aromatic nitrogens is 2. The Morgan fingerprint density at radius 2 is 2.26 bits per heavy atom. The van der Waals surface area contributed by atoms with Gasteiger partial charge in [0.25, 0.3) is 10.0 Å². The second-order valence-electron chi connectivity index (χ2n) is 4.82. The molecule has 1 aliphatic rings. The molecule has 0 unspecified atom stereocenters. The summed E-state index contributed by atoms with van der Waals surface area (Å²) in [7, 11) is -1.90. The van der Waals surface area contributed by atoms with Crippen LogP contribution in [0.3, 0.4) is 0 Å². The van der Waals surface area contributed by atoms with Crippen molar-refractivity contribution in [2.24, 2.45) is 12.8 Å². The molecule has 0 saturated carbocycles. The van der Waals surface area contributed by atoms with Crippen LogP contribution < -0.4 is 5.73 Å². The van der Waals surface area contributed by atoms with Crippen molar-refractivity contribution in [1.29, 1.82) is 0 Å². The van der Waals surface area contributed by atoms with E-state index in [1.54, 1.807) is 18.5 Å². The third kappa shape index (κ3) is 2.64. The topological polar surface area (TPSA) is 98.3 Å². The molecule has 0 bridgehead atoms. The maximum Gasteiger partial charge on any atom is 0.262 e. The fourth-order valence-electron chi connectivity index (χ4n) is 2.33. The van der Waals surface area contributed by atoms with Crippen molar-refractivity contribution in [1.82, 2.24) is 13.9 Å². The molecular formula is C11H18N4O3S. The van der Waals surface area contributed by atoms with E-state index in [1.807, 2.05) is 0 Å². The first kappa shape index (κ1) is 14.0. The van der Waals surface area contributed by atoms with Crippen LogP contribution in [0.5, 0.6) is 0 Å². The van der Waals surface area contributed by atoms with Gasteiger partial charge in [0.15, 0.2) is 5.03 Å². The number of sulfonamides is 1.